The highest BCUT2D eigenvalue weighted by molar-refractivity contribution is 5.64. The minimum atomic E-state index is -0.216. The second kappa shape index (κ2) is 4.24. The molecule has 2 aromatic rings. The first kappa shape index (κ1) is 9.87. The van der Waals surface area contributed by atoms with E-state index in [-0.39, 0.29) is 5.82 Å². The highest BCUT2D eigenvalue weighted by Crippen LogP contribution is 2.22. The highest BCUT2D eigenvalue weighted by Gasteiger charge is 2.03. The smallest absolute Gasteiger partial charge is 0.131 e. The fraction of sp³-hybridized carbons (Fsp3) is 0.0769. The largest absolute Gasteiger partial charge is 0.326 e. The van der Waals surface area contributed by atoms with Crippen LogP contribution in [0.25, 0.3) is 11.1 Å². The van der Waals surface area contributed by atoms with Crippen LogP contribution >= 0.6 is 0 Å². The van der Waals surface area contributed by atoms with Crippen LogP contribution in [0.1, 0.15) is 5.56 Å². The summed E-state index contributed by atoms with van der Waals surface area (Å²) in [5, 5.41) is 0. The van der Waals surface area contributed by atoms with Gasteiger partial charge in [-0.3, -0.25) is 0 Å². The van der Waals surface area contributed by atoms with Crippen LogP contribution in [-0.4, -0.2) is 0 Å². The number of rotatable bonds is 2. The van der Waals surface area contributed by atoms with Gasteiger partial charge in [-0.2, -0.15) is 0 Å². The Labute approximate surface area is 88.4 Å². The van der Waals surface area contributed by atoms with Crippen LogP contribution in [0.5, 0.6) is 0 Å². The maximum Gasteiger partial charge on any atom is 0.131 e. The third-order valence-electron chi connectivity index (χ3n) is 2.27. The fourth-order valence-corrected chi connectivity index (χ4v) is 1.50. The van der Waals surface area contributed by atoms with Gasteiger partial charge in [-0.15, -0.1) is 0 Å². The minimum absolute atomic E-state index is 0.216. The standard InChI is InChI=1S/C13H11FN/c14-13-7-2-1-6-12(13)11-5-3-4-10(8-11)9-15/h1-3,5-8H,9,15H2. The summed E-state index contributed by atoms with van der Waals surface area (Å²) in [5.74, 6) is -0.216. The van der Waals surface area contributed by atoms with Crippen molar-refractivity contribution in [2.75, 3.05) is 0 Å². The summed E-state index contributed by atoms with van der Waals surface area (Å²) >= 11 is 0. The number of halogens is 1. The highest BCUT2D eigenvalue weighted by atomic mass is 19.1. The molecule has 0 aliphatic rings. The summed E-state index contributed by atoms with van der Waals surface area (Å²) in [4.78, 5) is 0. The van der Waals surface area contributed by atoms with E-state index < -0.39 is 0 Å². The third-order valence-corrected chi connectivity index (χ3v) is 2.27. The van der Waals surface area contributed by atoms with Crippen molar-refractivity contribution in [3.05, 3.63) is 59.9 Å². The Morgan fingerprint density at radius 1 is 1.20 bits per heavy atom. The first-order chi connectivity index (χ1) is 7.31. The van der Waals surface area contributed by atoms with Gasteiger partial charge < -0.3 is 5.73 Å². The fourth-order valence-electron chi connectivity index (χ4n) is 1.50. The van der Waals surface area contributed by atoms with Gasteiger partial charge in [0.05, 0.1) is 0 Å². The van der Waals surface area contributed by atoms with Gasteiger partial charge in [-0.1, -0.05) is 30.3 Å². The Hall–Kier alpha value is -1.67. The molecule has 2 aromatic carbocycles. The van der Waals surface area contributed by atoms with E-state index in [0.717, 1.165) is 11.1 Å². The Morgan fingerprint density at radius 2 is 2.00 bits per heavy atom. The predicted octanol–water partition coefficient (Wildman–Crippen LogP) is 2.75. The molecule has 1 nitrogen and oxygen atoms in total. The molecular weight excluding hydrogens is 189 g/mol. The predicted molar refractivity (Wildman–Crippen MR) is 58.6 cm³/mol. The first-order valence-electron chi connectivity index (χ1n) is 4.77. The van der Waals surface area contributed by atoms with Crippen molar-refractivity contribution in [2.45, 2.75) is 6.54 Å². The van der Waals surface area contributed by atoms with E-state index in [0.29, 0.717) is 12.1 Å². The van der Waals surface area contributed by atoms with Gasteiger partial charge >= 0.3 is 0 Å². The second-order valence-electron chi connectivity index (χ2n) is 3.29. The molecule has 0 saturated heterocycles. The molecule has 0 fully saturated rings. The molecule has 0 heterocycles. The molecule has 75 valence electrons. The molecule has 1 radical (unpaired) electrons. The number of benzene rings is 2. The van der Waals surface area contributed by atoms with E-state index >= 15 is 0 Å². The molecule has 15 heavy (non-hydrogen) atoms. The van der Waals surface area contributed by atoms with Crippen LogP contribution in [0, 0.1) is 11.9 Å². The summed E-state index contributed by atoms with van der Waals surface area (Å²) < 4.78 is 13.5. The molecule has 0 bridgehead atoms. The van der Waals surface area contributed by atoms with E-state index in [9.17, 15) is 4.39 Å². The average Bonchev–Trinajstić information content (AvgIpc) is 2.30. The Balaban J connectivity index is 2.49. The van der Waals surface area contributed by atoms with Gasteiger partial charge in [0.15, 0.2) is 0 Å². The Kier molecular flexibility index (Phi) is 2.79. The van der Waals surface area contributed by atoms with Crippen molar-refractivity contribution >= 4 is 0 Å². The maximum atomic E-state index is 13.5. The van der Waals surface area contributed by atoms with Crippen LogP contribution in [0.2, 0.25) is 0 Å². The summed E-state index contributed by atoms with van der Waals surface area (Å²) in [6.45, 7) is 0.419. The summed E-state index contributed by atoms with van der Waals surface area (Å²) in [7, 11) is 0. The van der Waals surface area contributed by atoms with E-state index in [2.05, 4.69) is 6.07 Å². The lowest BCUT2D eigenvalue weighted by molar-refractivity contribution is 0.631. The number of nitrogens with two attached hydrogens (primary N) is 1. The zero-order chi connectivity index (χ0) is 10.7. The topological polar surface area (TPSA) is 26.0 Å². The van der Waals surface area contributed by atoms with Crippen molar-refractivity contribution < 1.29 is 4.39 Å². The summed E-state index contributed by atoms with van der Waals surface area (Å²) in [6, 6.07) is 15.2. The molecule has 0 aliphatic carbocycles. The van der Waals surface area contributed by atoms with E-state index in [1.165, 1.54) is 6.07 Å². The zero-order valence-electron chi connectivity index (χ0n) is 8.20. The molecule has 0 unspecified atom stereocenters. The average molecular weight is 200 g/mol. The van der Waals surface area contributed by atoms with Gasteiger partial charge in [0.1, 0.15) is 5.82 Å². The summed E-state index contributed by atoms with van der Waals surface area (Å²) in [5.41, 5.74) is 7.83. The molecule has 0 aliphatic heterocycles. The molecule has 2 heteroatoms. The van der Waals surface area contributed by atoms with Crippen LogP contribution in [-0.2, 0) is 6.54 Å². The van der Waals surface area contributed by atoms with Gasteiger partial charge in [0.2, 0.25) is 0 Å². The first-order valence-corrected chi connectivity index (χ1v) is 4.77. The Morgan fingerprint density at radius 3 is 2.73 bits per heavy atom. The number of hydrogen-bond donors (Lipinski definition) is 1. The lowest BCUT2D eigenvalue weighted by atomic mass is 10.0. The lowest BCUT2D eigenvalue weighted by Crippen LogP contribution is -1.96. The monoisotopic (exact) mass is 200 g/mol. The SMILES string of the molecule is NCc1[c]ccc(-c2ccccc2F)c1. The van der Waals surface area contributed by atoms with Crippen molar-refractivity contribution in [2.24, 2.45) is 5.73 Å². The van der Waals surface area contributed by atoms with Crippen LogP contribution in [0.4, 0.5) is 4.39 Å². The van der Waals surface area contributed by atoms with Gasteiger partial charge in [0.25, 0.3) is 0 Å². The molecular formula is C13H11FN. The van der Waals surface area contributed by atoms with Crippen LogP contribution in [0.15, 0.2) is 42.5 Å². The molecule has 0 amide bonds. The molecule has 2 N–H and O–H groups in total. The lowest BCUT2D eigenvalue weighted by Gasteiger charge is -2.04. The minimum Gasteiger partial charge on any atom is -0.326 e. The molecule has 0 atom stereocenters. The molecule has 0 aromatic heterocycles. The van der Waals surface area contributed by atoms with Crippen molar-refractivity contribution in [3.63, 3.8) is 0 Å². The van der Waals surface area contributed by atoms with Crippen molar-refractivity contribution in [3.8, 4) is 11.1 Å². The quantitative estimate of drug-likeness (QED) is 0.792. The van der Waals surface area contributed by atoms with E-state index in [4.69, 9.17) is 5.73 Å². The summed E-state index contributed by atoms with van der Waals surface area (Å²) in [6.07, 6.45) is 0. The van der Waals surface area contributed by atoms with Gasteiger partial charge in [-0.25, -0.2) is 4.39 Å². The molecule has 0 saturated carbocycles. The van der Waals surface area contributed by atoms with E-state index in [1.807, 2.05) is 18.2 Å². The van der Waals surface area contributed by atoms with Crippen LogP contribution < -0.4 is 5.73 Å². The number of hydrogen-bond acceptors (Lipinski definition) is 1. The third kappa shape index (κ3) is 2.05. The normalized spacial score (nSPS) is 10.3. The molecule has 0 spiro atoms. The van der Waals surface area contributed by atoms with Crippen molar-refractivity contribution in [1.29, 1.82) is 0 Å². The Bertz CT molecular complexity index is 466. The van der Waals surface area contributed by atoms with E-state index in [1.54, 1.807) is 18.2 Å². The van der Waals surface area contributed by atoms with Gasteiger partial charge in [-0.05, 0) is 29.3 Å². The van der Waals surface area contributed by atoms with Crippen molar-refractivity contribution in [1.82, 2.24) is 0 Å². The van der Waals surface area contributed by atoms with Gasteiger partial charge in [0, 0.05) is 12.1 Å². The van der Waals surface area contributed by atoms with Crippen LogP contribution in [0.3, 0.4) is 0 Å². The molecule has 2 rings (SSSR count). The zero-order valence-corrected chi connectivity index (χ0v) is 8.20. The second-order valence-corrected chi connectivity index (χ2v) is 3.29. The maximum absolute atomic E-state index is 13.5.